The van der Waals surface area contributed by atoms with E-state index >= 15 is 0 Å². The minimum absolute atomic E-state index is 0.0133. The van der Waals surface area contributed by atoms with Gasteiger partial charge in [0.15, 0.2) is 11.5 Å². The molecule has 1 unspecified atom stereocenters. The molecule has 6 nitrogen and oxygen atoms in total. The Hall–Kier alpha value is -2.48. The number of hydrogen-bond donors (Lipinski definition) is 3. The van der Waals surface area contributed by atoms with Crippen LogP contribution in [0.5, 0.6) is 17.2 Å². The lowest BCUT2D eigenvalue weighted by atomic mass is 10.2. The van der Waals surface area contributed by atoms with Crippen molar-refractivity contribution in [3.05, 3.63) is 87.9 Å². The van der Waals surface area contributed by atoms with E-state index in [2.05, 4.69) is 5.32 Å². The zero-order chi connectivity index (χ0) is 23.5. The molecule has 3 rings (SSSR count). The molecule has 0 aromatic heterocycles. The van der Waals surface area contributed by atoms with E-state index in [0.717, 1.165) is 11.1 Å². The maximum absolute atomic E-state index is 10.0. The summed E-state index contributed by atoms with van der Waals surface area (Å²) in [5.41, 5.74) is 1.93. The van der Waals surface area contributed by atoms with Gasteiger partial charge in [0.1, 0.15) is 31.7 Å². The summed E-state index contributed by atoms with van der Waals surface area (Å²) < 4.78 is 17.7. The first-order chi connectivity index (χ1) is 16.0. The van der Waals surface area contributed by atoms with Gasteiger partial charge in [-0.05, 0) is 47.5 Å². The maximum atomic E-state index is 10.0. The SMILES string of the molecule is OCCNCC(O)COc1ccc(OCc2ccc(Cl)cc2)c(OCc2ccc(Cl)cc2)c1. The average Bonchev–Trinajstić information content (AvgIpc) is 2.83. The summed E-state index contributed by atoms with van der Waals surface area (Å²) in [5.74, 6) is 1.63. The van der Waals surface area contributed by atoms with Crippen LogP contribution in [0.4, 0.5) is 0 Å². The Morgan fingerprint density at radius 2 is 1.33 bits per heavy atom. The van der Waals surface area contributed by atoms with Crippen LogP contribution in [-0.2, 0) is 13.2 Å². The van der Waals surface area contributed by atoms with Crippen LogP contribution in [0.3, 0.4) is 0 Å². The smallest absolute Gasteiger partial charge is 0.165 e. The monoisotopic (exact) mass is 491 g/mol. The molecule has 33 heavy (non-hydrogen) atoms. The van der Waals surface area contributed by atoms with Crippen LogP contribution in [0, 0.1) is 0 Å². The van der Waals surface area contributed by atoms with Crippen molar-refractivity contribution in [1.29, 1.82) is 0 Å². The number of nitrogens with one attached hydrogen (secondary N) is 1. The molecule has 1 atom stereocenters. The third-order valence-electron chi connectivity index (χ3n) is 4.64. The number of halogens is 2. The van der Waals surface area contributed by atoms with E-state index in [1.807, 2.05) is 48.5 Å². The highest BCUT2D eigenvalue weighted by Crippen LogP contribution is 2.33. The maximum Gasteiger partial charge on any atom is 0.165 e. The second-order valence-electron chi connectivity index (χ2n) is 7.33. The summed E-state index contributed by atoms with van der Waals surface area (Å²) in [6, 6.07) is 20.1. The third-order valence-corrected chi connectivity index (χ3v) is 5.15. The van der Waals surface area contributed by atoms with E-state index in [1.54, 1.807) is 18.2 Å². The summed E-state index contributed by atoms with van der Waals surface area (Å²) >= 11 is 11.9. The van der Waals surface area contributed by atoms with Crippen molar-refractivity contribution in [2.45, 2.75) is 19.3 Å². The summed E-state index contributed by atoms with van der Waals surface area (Å²) in [6.45, 7) is 1.52. The molecule has 0 heterocycles. The van der Waals surface area contributed by atoms with E-state index in [9.17, 15) is 5.11 Å². The Morgan fingerprint density at radius 1 is 0.758 bits per heavy atom. The Balaban J connectivity index is 1.67. The second kappa shape index (κ2) is 13.3. The molecular formula is C25H27Cl2NO5. The normalized spacial score (nSPS) is 11.8. The predicted octanol–water partition coefficient (Wildman–Crippen LogP) is 4.47. The van der Waals surface area contributed by atoms with Crippen molar-refractivity contribution < 1.29 is 24.4 Å². The van der Waals surface area contributed by atoms with Gasteiger partial charge in [-0.3, -0.25) is 0 Å². The van der Waals surface area contributed by atoms with Crippen molar-refractivity contribution in [2.24, 2.45) is 0 Å². The van der Waals surface area contributed by atoms with Gasteiger partial charge in [-0.2, -0.15) is 0 Å². The van der Waals surface area contributed by atoms with E-state index in [4.69, 9.17) is 42.5 Å². The quantitative estimate of drug-likeness (QED) is 0.306. The molecule has 8 heteroatoms. The zero-order valence-electron chi connectivity index (χ0n) is 18.0. The van der Waals surface area contributed by atoms with Crippen LogP contribution in [0.25, 0.3) is 0 Å². The molecule has 0 aliphatic heterocycles. The fraction of sp³-hybridized carbons (Fsp3) is 0.280. The molecule has 3 aromatic rings. The number of aliphatic hydroxyl groups excluding tert-OH is 2. The molecule has 0 spiro atoms. The molecule has 0 amide bonds. The van der Waals surface area contributed by atoms with Gasteiger partial charge in [-0.15, -0.1) is 0 Å². The number of aliphatic hydroxyl groups is 2. The van der Waals surface area contributed by atoms with Crippen molar-refractivity contribution in [1.82, 2.24) is 5.32 Å². The first-order valence-corrected chi connectivity index (χ1v) is 11.3. The predicted molar refractivity (Wildman–Crippen MR) is 129 cm³/mol. The minimum atomic E-state index is -0.712. The Morgan fingerprint density at radius 3 is 1.91 bits per heavy atom. The van der Waals surface area contributed by atoms with Crippen molar-refractivity contribution >= 4 is 23.2 Å². The largest absolute Gasteiger partial charge is 0.491 e. The minimum Gasteiger partial charge on any atom is -0.491 e. The summed E-state index contributed by atoms with van der Waals surface area (Å²) in [5, 5.41) is 23.1. The van der Waals surface area contributed by atoms with Gasteiger partial charge in [0.05, 0.1) is 6.61 Å². The van der Waals surface area contributed by atoms with Crippen LogP contribution < -0.4 is 19.5 Å². The van der Waals surface area contributed by atoms with Gasteiger partial charge in [0.2, 0.25) is 0 Å². The van der Waals surface area contributed by atoms with Gasteiger partial charge in [-0.25, -0.2) is 0 Å². The highest BCUT2D eigenvalue weighted by Gasteiger charge is 2.11. The Labute approximate surface area is 203 Å². The first-order valence-electron chi connectivity index (χ1n) is 10.5. The first kappa shape index (κ1) is 25.1. The lowest BCUT2D eigenvalue weighted by molar-refractivity contribution is 0.105. The van der Waals surface area contributed by atoms with E-state index in [-0.39, 0.29) is 13.2 Å². The van der Waals surface area contributed by atoms with Gasteiger partial charge < -0.3 is 29.7 Å². The lowest BCUT2D eigenvalue weighted by Gasteiger charge is -2.16. The van der Waals surface area contributed by atoms with Crippen molar-refractivity contribution in [3.63, 3.8) is 0 Å². The van der Waals surface area contributed by atoms with Gasteiger partial charge in [0.25, 0.3) is 0 Å². The fourth-order valence-corrected chi connectivity index (χ4v) is 3.14. The molecule has 0 saturated carbocycles. The molecule has 3 aromatic carbocycles. The van der Waals surface area contributed by atoms with Crippen LogP contribution in [0.1, 0.15) is 11.1 Å². The number of ether oxygens (including phenoxy) is 3. The topological polar surface area (TPSA) is 80.2 Å². The summed E-state index contributed by atoms with van der Waals surface area (Å²) in [6.07, 6.45) is -0.712. The fourth-order valence-electron chi connectivity index (χ4n) is 2.89. The molecule has 0 aliphatic carbocycles. The van der Waals surface area contributed by atoms with E-state index < -0.39 is 6.10 Å². The van der Waals surface area contributed by atoms with Crippen molar-refractivity contribution in [3.8, 4) is 17.2 Å². The highest BCUT2D eigenvalue weighted by molar-refractivity contribution is 6.30. The second-order valence-corrected chi connectivity index (χ2v) is 8.20. The number of hydrogen-bond acceptors (Lipinski definition) is 6. The molecular weight excluding hydrogens is 465 g/mol. The molecule has 0 radical (unpaired) electrons. The molecule has 0 fully saturated rings. The summed E-state index contributed by atoms with van der Waals surface area (Å²) in [7, 11) is 0. The standard InChI is InChI=1S/C25H27Cl2NO5/c26-20-5-1-18(2-6-20)15-32-24-10-9-23(31-17-22(30)14-28-11-12-29)13-25(24)33-16-19-3-7-21(27)8-4-19/h1-10,13,22,28-30H,11-12,14-17H2. The van der Waals surface area contributed by atoms with E-state index in [1.165, 1.54) is 0 Å². The highest BCUT2D eigenvalue weighted by atomic mass is 35.5. The van der Waals surface area contributed by atoms with Crippen LogP contribution >= 0.6 is 23.2 Å². The molecule has 0 bridgehead atoms. The third kappa shape index (κ3) is 8.76. The van der Waals surface area contributed by atoms with Crippen LogP contribution in [-0.4, -0.2) is 42.6 Å². The molecule has 0 aliphatic rings. The van der Waals surface area contributed by atoms with Gasteiger partial charge in [-0.1, -0.05) is 47.5 Å². The van der Waals surface area contributed by atoms with Gasteiger partial charge >= 0.3 is 0 Å². The summed E-state index contributed by atoms with van der Waals surface area (Å²) in [4.78, 5) is 0. The Bertz CT molecular complexity index is 983. The Kier molecular flexibility index (Phi) is 10.1. The number of benzene rings is 3. The molecule has 3 N–H and O–H groups in total. The zero-order valence-corrected chi connectivity index (χ0v) is 19.6. The van der Waals surface area contributed by atoms with Crippen LogP contribution in [0.2, 0.25) is 10.0 Å². The van der Waals surface area contributed by atoms with E-state index in [0.29, 0.717) is 53.6 Å². The lowest BCUT2D eigenvalue weighted by Crippen LogP contribution is -2.32. The molecule has 176 valence electrons. The molecule has 0 saturated heterocycles. The van der Waals surface area contributed by atoms with Crippen LogP contribution in [0.15, 0.2) is 66.7 Å². The van der Waals surface area contributed by atoms with Crippen molar-refractivity contribution in [2.75, 3.05) is 26.3 Å². The van der Waals surface area contributed by atoms with Gasteiger partial charge in [0, 0.05) is 29.2 Å². The average molecular weight is 492 g/mol. The number of rotatable bonds is 13.